The van der Waals surface area contributed by atoms with E-state index in [1.807, 2.05) is 15.8 Å². The Morgan fingerprint density at radius 2 is 2.12 bits per heavy atom. The summed E-state index contributed by atoms with van der Waals surface area (Å²) >= 11 is 0. The summed E-state index contributed by atoms with van der Waals surface area (Å²) in [7, 11) is 0. The lowest BCUT2D eigenvalue weighted by Gasteiger charge is -2.16. The van der Waals surface area contributed by atoms with Crippen LogP contribution in [0.4, 0.5) is 0 Å². The van der Waals surface area contributed by atoms with Crippen LogP contribution in [-0.4, -0.2) is 33.7 Å². The van der Waals surface area contributed by atoms with Crippen molar-refractivity contribution in [2.24, 2.45) is 0 Å². The molecule has 17 heavy (non-hydrogen) atoms. The lowest BCUT2D eigenvalue weighted by atomic mass is 9.90. The molecule has 0 radical (unpaired) electrons. The Hall–Kier alpha value is -1.32. The van der Waals surface area contributed by atoms with Gasteiger partial charge >= 0.3 is 0 Å². The van der Waals surface area contributed by atoms with E-state index in [0.29, 0.717) is 6.42 Å². The Morgan fingerprint density at radius 3 is 2.65 bits per heavy atom. The molecule has 94 valence electrons. The smallest absolute Gasteiger partial charge is 0.222 e. The second-order valence-electron chi connectivity index (χ2n) is 5.73. The molecule has 0 bridgehead atoms. The molecule has 0 aromatic carbocycles. The Kier molecular flexibility index (Phi) is 3.22. The van der Waals surface area contributed by atoms with Crippen molar-refractivity contribution in [2.75, 3.05) is 13.1 Å². The molecule has 0 spiro atoms. The maximum absolute atomic E-state index is 11.5. The Labute approximate surface area is 103 Å². The largest absolute Gasteiger partial charge is 0.341 e. The second-order valence-corrected chi connectivity index (χ2v) is 5.73. The van der Waals surface area contributed by atoms with Crippen molar-refractivity contribution >= 4 is 5.91 Å². The molecule has 0 unspecified atom stereocenters. The molecule has 1 amide bonds. The van der Waals surface area contributed by atoms with Crippen LogP contribution in [0.2, 0.25) is 0 Å². The van der Waals surface area contributed by atoms with Gasteiger partial charge in [0.15, 0.2) is 0 Å². The zero-order valence-corrected chi connectivity index (χ0v) is 10.9. The number of amides is 1. The Bertz CT molecular complexity index is 403. The number of carbonyl (C=O) groups is 1. The van der Waals surface area contributed by atoms with E-state index in [2.05, 4.69) is 32.1 Å². The lowest BCUT2D eigenvalue weighted by Crippen LogP contribution is -2.28. The van der Waals surface area contributed by atoms with E-state index in [9.17, 15) is 4.79 Å². The van der Waals surface area contributed by atoms with Crippen LogP contribution in [0.3, 0.4) is 0 Å². The third-order valence-electron chi connectivity index (χ3n) is 3.27. The summed E-state index contributed by atoms with van der Waals surface area (Å²) < 4.78 is 1.94. The van der Waals surface area contributed by atoms with Crippen LogP contribution in [-0.2, 0) is 16.8 Å². The first-order chi connectivity index (χ1) is 7.97. The van der Waals surface area contributed by atoms with Crippen molar-refractivity contribution in [3.63, 3.8) is 0 Å². The van der Waals surface area contributed by atoms with E-state index < -0.39 is 0 Å². The van der Waals surface area contributed by atoms with Crippen molar-refractivity contribution in [3.05, 3.63) is 18.0 Å². The number of hydrogen-bond donors (Lipinski definition) is 0. The average molecular weight is 235 g/mol. The number of rotatable bonds is 3. The molecule has 1 aliphatic rings. The molecule has 1 aliphatic heterocycles. The van der Waals surface area contributed by atoms with E-state index in [1.54, 1.807) is 0 Å². The van der Waals surface area contributed by atoms with E-state index >= 15 is 0 Å². The Balaban J connectivity index is 1.91. The quantitative estimate of drug-likeness (QED) is 0.801. The van der Waals surface area contributed by atoms with Crippen LogP contribution in [0, 0.1) is 0 Å². The summed E-state index contributed by atoms with van der Waals surface area (Å²) in [6.07, 6.45) is 5.73. The van der Waals surface area contributed by atoms with Gasteiger partial charge in [-0.05, 0) is 17.4 Å². The lowest BCUT2D eigenvalue weighted by molar-refractivity contribution is -0.127. The molecule has 2 heterocycles. The Morgan fingerprint density at radius 1 is 1.35 bits per heavy atom. The average Bonchev–Trinajstić information content (AvgIpc) is 2.82. The van der Waals surface area contributed by atoms with E-state index in [0.717, 1.165) is 26.1 Å². The first kappa shape index (κ1) is 12.1. The number of hydrogen-bond acceptors (Lipinski definition) is 2. The van der Waals surface area contributed by atoms with Gasteiger partial charge in [0.2, 0.25) is 5.91 Å². The SMILES string of the molecule is CC(C)(C)c1cnn(CCN2CCCC2=O)c1. The van der Waals surface area contributed by atoms with Crippen LogP contribution in [0.25, 0.3) is 0 Å². The number of carbonyl (C=O) groups excluding carboxylic acids is 1. The van der Waals surface area contributed by atoms with Gasteiger partial charge < -0.3 is 4.90 Å². The first-order valence-corrected chi connectivity index (χ1v) is 6.27. The van der Waals surface area contributed by atoms with Crippen molar-refractivity contribution in [2.45, 2.75) is 45.6 Å². The molecule has 0 atom stereocenters. The summed E-state index contributed by atoms with van der Waals surface area (Å²) in [5.41, 5.74) is 1.38. The molecule has 1 aromatic heterocycles. The molecule has 1 fully saturated rings. The van der Waals surface area contributed by atoms with Gasteiger partial charge in [-0.3, -0.25) is 9.48 Å². The molecule has 4 nitrogen and oxygen atoms in total. The van der Waals surface area contributed by atoms with Gasteiger partial charge in [0.25, 0.3) is 0 Å². The summed E-state index contributed by atoms with van der Waals surface area (Å²) in [4.78, 5) is 13.4. The molecule has 0 saturated carbocycles. The standard InChI is InChI=1S/C13H21N3O/c1-13(2,3)11-9-14-16(10-11)8-7-15-6-4-5-12(15)17/h9-10H,4-8H2,1-3H3. The number of nitrogens with zero attached hydrogens (tertiary/aromatic N) is 3. The maximum atomic E-state index is 11.5. The van der Waals surface area contributed by atoms with Crippen LogP contribution < -0.4 is 0 Å². The summed E-state index contributed by atoms with van der Waals surface area (Å²) in [5.74, 6) is 0.285. The third kappa shape index (κ3) is 2.87. The van der Waals surface area contributed by atoms with Crippen LogP contribution >= 0.6 is 0 Å². The van der Waals surface area contributed by atoms with Gasteiger partial charge in [-0.25, -0.2) is 0 Å². The highest BCUT2D eigenvalue weighted by molar-refractivity contribution is 5.77. The monoisotopic (exact) mass is 235 g/mol. The predicted octanol–water partition coefficient (Wildman–Crippen LogP) is 1.80. The third-order valence-corrected chi connectivity index (χ3v) is 3.27. The molecule has 2 rings (SSSR count). The highest BCUT2D eigenvalue weighted by atomic mass is 16.2. The summed E-state index contributed by atoms with van der Waals surface area (Å²) in [6, 6.07) is 0. The van der Waals surface area contributed by atoms with E-state index in [-0.39, 0.29) is 11.3 Å². The molecule has 4 heteroatoms. The van der Waals surface area contributed by atoms with Crippen LogP contribution in [0.1, 0.15) is 39.2 Å². The first-order valence-electron chi connectivity index (χ1n) is 6.27. The number of aromatic nitrogens is 2. The zero-order chi connectivity index (χ0) is 12.5. The van der Waals surface area contributed by atoms with E-state index in [1.165, 1.54) is 5.56 Å². The normalized spacial score (nSPS) is 16.9. The highest BCUT2D eigenvalue weighted by Crippen LogP contribution is 2.21. The van der Waals surface area contributed by atoms with Gasteiger partial charge in [0.1, 0.15) is 0 Å². The fraction of sp³-hybridized carbons (Fsp3) is 0.692. The van der Waals surface area contributed by atoms with Crippen LogP contribution in [0.15, 0.2) is 12.4 Å². The highest BCUT2D eigenvalue weighted by Gasteiger charge is 2.20. The molecular weight excluding hydrogens is 214 g/mol. The van der Waals surface area contributed by atoms with Gasteiger partial charge in [0.05, 0.1) is 12.7 Å². The van der Waals surface area contributed by atoms with Crippen molar-refractivity contribution < 1.29 is 4.79 Å². The van der Waals surface area contributed by atoms with Crippen LogP contribution in [0.5, 0.6) is 0 Å². The maximum Gasteiger partial charge on any atom is 0.222 e. The zero-order valence-electron chi connectivity index (χ0n) is 10.9. The summed E-state index contributed by atoms with van der Waals surface area (Å²) in [6.45, 7) is 9.02. The molecule has 1 aromatic rings. The minimum absolute atomic E-state index is 0.141. The van der Waals surface area contributed by atoms with Crippen molar-refractivity contribution in [3.8, 4) is 0 Å². The molecule has 0 aliphatic carbocycles. The fourth-order valence-corrected chi connectivity index (χ4v) is 2.04. The molecule has 0 N–H and O–H groups in total. The van der Waals surface area contributed by atoms with E-state index in [4.69, 9.17) is 0 Å². The topological polar surface area (TPSA) is 38.1 Å². The fourth-order valence-electron chi connectivity index (χ4n) is 2.04. The van der Waals surface area contributed by atoms with Gasteiger partial charge in [-0.1, -0.05) is 20.8 Å². The second kappa shape index (κ2) is 4.51. The predicted molar refractivity (Wildman–Crippen MR) is 66.7 cm³/mol. The van der Waals surface area contributed by atoms with Crippen molar-refractivity contribution in [1.29, 1.82) is 0 Å². The van der Waals surface area contributed by atoms with Crippen molar-refractivity contribution in [1.82, 2.24) is 14.7 Å². The minimum Gasteiger partial charge on any atom is -0.341 e. The molecular formula is C13H21N3O. The van der Waals surface area contributed by atoms with Gasteiger partial charge in [-0.2, -0.15) is 5.10 Å². The number of likely N-dealkylation sites (tertiary alicyclic amines) is 1. The molecule has 1 saturated heterocycles. The minimum atomic E-state index is 0.141. The summed E-state index contributed by atoms with van der Waals surface area (Å²) in [5, 5.41) is 4.35. The van der Waals surface area contributed by atoms with Gasteiger partial charge in [0, 0.05) is 25.7 Å². The van der Waals surface area contributed by atoms with Gasteiger partial charge in [-0.15, -0.1) is 0 Å².